The molecule has 2 heterocycles. The zero-order valence-corrected chi connectivity index (χ0v) is 14.2. The molecule has 1 amide bonds. The molecular weight excluding hydrogens is 354 g/mol. The number of amides is 1. The van der Waals surface area contributed by atoms with Crippen molar-refractivity contribution < 1.29 is 33.3 Å². The number of fused-ring (bicyclic) bond motifs is 2. The fourth-order valence-electron chi connectivity index (χ4n) is 2.80. The van der Waals surface area contributed by atoms with Gasteiger partial charge in [0.1, 0.15) is 12.3 Å². The molecule has 27 heavy (non-hydrogen) atoms. The Morgan fingerprint density at radius 3 is 2.70 bits per heavy atom. The lowest BCUT2D eigenvalue weighted by Gasteiger charge is -2.28. The van der Waals surface area contributed by atoms with Crippen LogP contribution in [0.4, 0.5) is 5.69 Å². The topological polar surface area (TPSA) is 91.4 Å². The van der Waals surface area contributed by atoms with Crippen LogP contribution in [0.15, 0.2) is 42.5 Å². The number of esters is 1. The Balaban J connectivity index is 1.37. The number of rotatable bonds is 5. The summed E-state index contributed by atoms with van der Waals surface area (Å²) in [4.78, 5) is 37.7. The number of ether oxygens (including phenoxy) is 4. The average Bonchev–Trinajstić information content (AvgIpc) is 3.16. The van der Waals surface area contributed by atoms with Crippen LogP contribution >= 0.6 is 0 Å². The van der Waals surface area contributed by atoms with Gasteiger partial charge < -0.3 is 18.9 Å². The molecule has 2 aliphatic rings. The monoisotopic (exact) mass is 369 g/mol. The van der Waals surface area contributed by atoms with Crippen LogP contribution in [0.1, 0.15) is 10.4 Å². The van der Waals surface area contributed by atoms with Crippen molar-refractivity contribution in [2.24, 2.45) is 0 Å². The van der Waals surface area contributed by atoms with E-state index in [2.05, 4.69) is 0 Å². The summed E-state index contributed by atoms with van der Waals surface area (Å²) in [6.07, 6.45) is 0. The van der Waals surface area contributed by atoms with Crippen molar-refractivity contribution >= 4 is 23.3 Å². The minimum atomic E-state index is -0.686. The van der Waals surface area contributed by atoms with E-state index < -0.39 is 12.6 Å². The molecule has 2 aromatic carbocycles. The molecule has 2 aliphatic heterocycles. The van der Waals surface area contributed by atoms with Gasteiger partial charge in [-0.3, -0.25) is 19.3 Å². The Kier molecular flexibility index (Phi) is 4.37. The lowest BCUT2D eigenvalue weighted by molar-refractivity contribution is -0.142. The van der Waals surface area contributed by atoms with Crippen LogP contribution in [-0.2, 0) is 14.3 Å². The maximum atomic E-state index is 12.2. The number of ketones is 1. The fraction of sp³-hybridized carbons (Fsp3) is 0.211. The Bertz CT molecular complexity index is 924. The number of anilines is 1. The van der Waals surface area contributed by atoms with Gasteiger partial charge in [0, 0.05) is 5.56 Å². The lowest BCUT2D eigenvalue weighted by atomic mass is 10.1. The Morgan fingerprint density at radius 2 is 1.81 bits per heavy atom. The minimum absolute atomic E-state index is 0.108. The Morgan fingerprint density at radius 1 is 1.00 bits per heavy atom. The van der Waals surface area contributed by atoms with Crippen LogP contribution in [0.25, 0.3) is 0 Å². The summed E-state index contributed by atoms with van der Waals surface area (Å²) in [5.41, 5.74) is 0.840. The number of carbonyl (C=O) groups excluding carboxylic acids is 3. The Hall–Kier alpha value is -3.55. The molecule has 0 N–H and O–H groups in total. The van der Waals surface area contributed by atoms with Gasteiger partial charge in [-0.25, -0.2) is 0 Å². The zero-order valence-electron chi connectivity index (χ0n) is 14.2. The maximum Gasteiger partial charge on any atom is 0.326 e. The molecule has 0 radical (unpaired) electrons. The summed E-state index contributed by atoms with van der Waals surface area (Å²) in [6, 6.07) is 11.6. The summed E-state index contributed by atoms with van der Waals surface area (Å²) in [5, 5.41) is 0. The smallest absolute Gasteiger partial charge is 0.326 e. The molecule has 0 atom stereocenters. The number of benzene rings is 2. The van der Waals surface area contributed by atoms with Gasteiger partial charge in [0.05, 0.1) is 5.69 Å². The summed E-state index contributed by atoms with van der Waals surface area (Å²) in [5.74, 6) is 0.134. The number of carbonyl (C=O) groups is 3. The summed E-state index contributed by atoms with van der Waals surface area (Å²) < 4.78 is 20.8. The van der Waals surface area contributed by atoms with E-state index in [0.717, 1.165) is 0 Å². The van der Waals surface area contributed by atoms with E-state index in [1.807, 2.05) is 0 Å². The van der Waals surface area contributed by atoms with Crippen LogP contribution < -0.4 is 19.1 Å². The first-order valence-electron chi connectivity index (χ1n) is 8.22. The minimum Gasteiger partial charge on any atom is -0.482 e. The second kappa shape index (κ2) is 6.99. The molecule has 2 aromatic rings. The second-order valence-electron chi connectivity index (χ2n) is 5.89. The summed E-state index contributed by atoms with van der Waals surface area (Å²) in [7, 11) is 0. The first-order chi connectivity index (χ1) is 13.1. The highest BCUT2D eigenvalue weighted by Crippen LogP contribution is 2.33. The molecule has 0 fully saturated rings. The number of Topliss-reactive ketones (excluding diaryl/α,β-unsaturated/α-hetero) is 1. The standard InChI is InChI=1S/C19H15NO7/c21-14(12-5-6-16-17(7-12)27-11-26-16)9-25-19(23)8-20-13-3-1-2-4-15(13)24-10-18(20)22/h1-7H,8-11H2. The van der Waals surface area contributed by atoms with Crippen molar-refractivity contribution in [3.63, 3.8) is 0 Å². The predicted molar refractivity (Wildman–Crippen MR) is 92.1 cm³/mol. The molecule has 8 nitrogen and oxygen atoms in total. The van der Waals surface area contributed by atoms with Crippen LogP contribution in [0.2, 0.25) is 0 Å². The number of hydrogen-bond acceptors (Lipinski definition) is 7. The molecule has 138 valence electrons. The third kappa shape index (κ3) is 3.41. The maximum absolute atomic E-state index is 12.2. The van der Waals surface area contributed by atoms with Crippen LogP contribution in [0.5, 0.6) is 17.2 Å². The molecule has 0 saturated carbocycles. The highest BCUT2D eigenvalue weighted by molar-refractivity contribution is 6.02. The first kappa shape index (κ1) is 16.9. The van der Waals surface area contributed by atoms with Crippen LogP contribution in [-0.4, -0.2) is 44.2 Å². The van der Waals surface area contributed by atoms with Crippen LogP contribution in [0.3, 0.4) is 0 Å². The number of para-hydroxylation sites is 2. The molecule has 0 bridgehead atoms. The highest BCUT2D eigenvalue weighted by atomic mass is 16.7. The van der Waals surface area contributed by atoms with Gasteiger partial charge in [-0.15, -0.1) is 0 Å². The molecule has 0 aromatic heterocycles. The van der Waals surface area contributed by atoms with Crippen molar-refractivity contribution in [1.82, 2.24) is 0 Å². The second-order valence-corrected chi connectivity index (χ2v) is 5.89. The summed E-state index contributed by atoms with van der Waals surface area (Å²) in [6.45, 7) is -0.774. The van der Waals surface area contributed by atoms with E-state index in [0.29, 0.717) is 28.5 Å². The van der Waals surface area contributed by atoms with Gasteiger partial charge in [0.2, 0.25) is 6.79 Å². The molecule has 0 spiro atoms. The average molecular weight is 369 g/mol. The fourth-order valence-corrected chi connectivity index (χ4v) is 2.80. The SMILES string of the molecule is O=C(CN1C(=O)COc2ccccc21)OCC(=O)c1ccc2c(c1)OCO2. The predicted octanol–water partition coefficient (Wildman–Crippen LogP) is 1.57. The van der Waals surface area contributed by atoms with Crippen molar-refractivity contribution in [1.29, 1.82) is 0 Å². The first-order valence-corrected chi connectivity index (χ1v) is 8.22. The normalized spacial score (nSPS) is 14.4. The van der Waals surface area contributed by atoms with E-state index in [4.69, 9.17) is 18.9 Å². The van der Waals surface area contributed by atoms with E-state index >= 15 is 0 Å². The quantitative estimate of drug-likeness (QED) is 0.583. The lowest BCUT2D eigenvalue weighted by Crippen LogP contribution is -2.42. The molecule has 4 rings (SSSR count). The van der Waals surface area contributed by atoms with Crippen molar-refractivity contribution in [3.05, 3.63) is 48.0 Å². The van der Waals surface area contributed by atoms with Gasteiger partial charge in [-0.1, -0.05) is 12.1 Å². The van der Waals surface area contributed by atoms with Crippen molar-refractivity contribution in [2.75, 3.05) is 31.5 Å². The molecule has 0 aliphatic carbocycles. The van der Waals surface area contributed by atoms with Crippen LogP contribution in [0, 0.1) is 0 Å². The van der Waals surface area contributed by atoms with Crippen molar-refractivity contribution in [3.8, 4) is 17.2 Å². The zero-order chi connectivity index (χ0) is 18.8. The summed E-state index contributed by atoms with van der Waals surface area (Å²) >= 11 is 0. The molecule has 0 unspecified atom stereocenters. The van der Waals surface area contributed by atoms with Crippen molar-refractivity contribution in [2.45, 2.75) is 0 Å². The highest BCUT2D eigenvalue weighted by Gasteiger charge is 2.27. The van der Waals surface area contributed by atoms with Gasteiger partial charge in [-0.05, 0) is 30.3 Å². The van der Waals surface area contributed by atoms with Gasteiger partial charge in [0.25, 0.3) is 5.91 Å². The van der Waals surface area contributed by atoms with E-state index in [-0.39, 0.29) is 31.6 Å². The molecule has 0 saturated heterocycles. The van der Waals surface area contributed by atoms with Gasteiger partial charge >= 0.3 is 5.97 Å². The molecular formula is C19H15NO7. The van der Waals surface area contributed by atoms with Gasteiger partial charge in [0.15, 0.2) is 30.5 Å². The third-order valence-corrected chi connectivity index (χ3v) is 4.15. The number of hydrogen-bond donors (Lipinski definition) is 0. The van der Waals surface area contributed by atoms with E-state index in [1.165, 1.54) is 4.90 Å². The number of nitrogens with zero attached hydrogens (tertiary/aromatic N) is 1. The third-order valence-electron chi connectivity index (χ3n) is 4.15. The van der Waals surface area contributed by atoms with E-state index in [1.54, 1.807) is 42.5 Å². The largest absolute Gasteiger partial charge is 0.482 e. The van der Waals surface area contributed by atoms with E-state index in [9.17, 15) is 14.4 Å². The Labute approximate surface area is 154 Å². The molecule has 8 heteroatoms. The van der Waals surface area contributed by atoms with Gasteiger partial charge in [-0.2, -0.15) is 0 Å².